The van der Waals surface area contributed by atoms with Gasteiger partial charge in [0.15, 0.2) is 0 Å². The van der Waals surface area contributed by atoms with Crippen molar-refractivity contribution in [1.29, 1.82) is 0 Å². The minimum atomic E-state index is 0.350. The summed E-state index contributed by atoms with van der Waals surface area (Å²) in [6.07, 6.45) is 0. The molecule has 0 aliphatic carbocycles. The zero-order valence-corrected chi connectivity index (χ0v) is 10.7. The van der Waals surface area contributed by atoms with Gasteiger partial charge in [0, 0.05) is 6.07 Å². The highest BCUT2D eigenvalue weighted by atomic mass is 35.5. The van der Waals surface area contributed by atoms with Gasteiger partial charge in [0.25, 0.3) is 0 Å². The molecule has 1 aromatic carbocycles. The van der Waals surface area contributed by atoms with Crippen LogP contribution in [0.3, 0.4) is 0 Å². The van der Waals surface area contributed by atoms with Gasteiger partial charge < -0.3 is 9.47 Å². The Morgan fingerprint density at radius 3 is 2.72 bits per heavy atom. The SMILES string of the molecule is COc1cccc(COc2ccc(CCl)nn2)c1. The first kappa shape index (κ1) is 12.6. The average Bonchev–Trinajstić information content (AvgIpc) is 2.46. The van der Waals surface area contributed by atoms with Gasteiger partial charge in [0.2, 0.25) is 5.88 Å². The molecule has 0 saturated heterocycles. The molecule has 2 aromatic rings. The molecule has 2 rings (SSSR count). The first-order valence-corrected chi connectivity index (χ1v) is 5.99. The Hall–Kier alpha value is -1.81. The zero-order valence-electron chi connectivity index (χ0n) is 9.97. The number of aromatic nitrogens is 2. The first-order chi connectivity index (χ1) is 8.81. The highest BCUT2D eigenvalue weighted by molar-refractivity contribution is 6.16. The first-order valence-electron chi connectivity index (χ1n) is 5.46. The molecule has 0 aliphatic rings. The van der Waals surface area contributed by atoms with E-state index in [1.165, 1.54) is 0 Å². The van der Waals surface area contributed by atoms with E-state index in [0.717, 1.165) is 17.0 Å². The van der Waals surface area contributed by atoms with E-state index in [9.17, 15) is 0 Å². The largest absolute Gasteiger partial charge is 0.497 e. The average molecular weight is 265 g/mol. The minimum Gasteiger partial charge on any atom is -0.497 e. The van der Waals surface area contributed by atoms with Crippen LogP contribution >= 0.6 is 11.6 Å². The molecule has 0 spiro atoms. The molecule has 94 valence electrons. The van der Waals surface area contributed by atoms with Crippen LogP contribution in [0.1, 0.15) is 11.3 Å². The van der Waals surface area contributed by atoms with Gasteiger partial charge in [0.05, 0.1) is 18.7 Å². The van der Waals surface area contributed by atoms with Crippen molar-refractivity contribution < 1.29 is 9.47 Å². The number of nitrogens with zero attached hydrogens (tertiary/aromatic N) is 2. The van der Waals surface area contributed by atoms with E-state index in [4.69, 9.17) is 21.1 Å². The molecule has 0 radical (unpaired) electrons. The molecule has 0 atom stereocenters. The van der Waals surface area contributed by atoms with Crippen LogP contribution in [-0.2, 0) is 12.5 Å². The second-order valence-corrected chi connectivity index (χ2v) is 3.90. The van der Waals surface area contributed by atoms with Crippen molar-refractivity contribution in [2.45, 2.75) is 12.5 Å². The van der Waals surface area contributed by atoms with Gasteiger partial charge in [-0.05, 0) is 23.8 Å². The van der Waals surface area contributed by atoms with Gasteiger partial charge in [-0.2, -0.15) is 5.10 Å². The third-order valence-electron chi connectivity index (χ3n) is 2.35. The summed E-state index contributed by atoms with van der Waals surface area (Å²) in [5.74, 6) is 1.63. The van der Waals surface area contributed by atoms with E-state index in [1.807, 2.05) is 24.3 Å². The summed E-state index contributed by atoms with van der Waals surface area (Å²) >= 11 is 5.63. The second kappa shape index (κ2) is 6.21. The number of ether oxygens (including phenoxy) is 2. The molecule has 1 heterocycles. The standard InChI is InChI=1S/C13H13ClN2O2/c1-17-12-4-2-3-10(7-12)9-18-13-6-5-11(8-14)15-16-13/h2-7H,8-9H2,1H3. The maximum Gasteiger partial charge on any atom is 0.233 e. The molecule has 18 heavy (non-hydrogen) atoms. The van der Waals surface area contributed by atoms with E-state index in [0.29, 0.717) is 18.4 Å². The fourth-order valence-corrected chi connectivity index (χ4v) is 1.56. The van der Waals surface area contributed by atoms with E-state index in [2.05, 4.69) is 10.2 Å². The zero-order chi connectivity index (χ0) is 12.8. The lowest BCUT2D eigenvalue weighted by Gasteiger charge is -2.06. The monoisotopic (exact) mass is 264 g/mol. The highest BCUT2D eigenvalue weighted by Gasteiger charge is 2.00. The van der Waals surface area contributed by atoms with Gasteiger partial charge in [-0.15, -0.1) is 16.7 Å². The van der Waals surface area contributed by atoms with Crippen LogP contribution in [0.15, 0.2) is 36.4 Å². The third kappa shape index (κ3) is 3.34. The molecule has 0 N–H and O–H groups in total. The number of alkyl halides is 1. The van der Waals surface area contributed by atoms with Crippen molar-refractivity contribution in [3.05, 3.63) is 47.7 Å². The van der Waals surface area contributed by atoms with Crippen molar-refractivity contribution in [2.75, 3.05) is 7.11 Å². The van der Waals surface area contributed by atoms with E-state index < -0.39 is 0 Å². The van der Waals surface area contributed by atoms with Crippen LogP contribution in [0.4, 0.5) is 0 Å². The maximum atomic E-state index is 5.63. The van der Waals surface area contributed by atoms with Gasteiger partial charge >= 0.3 is 0 Å². The Balaban J connectivity index is 1.97. The van der Waals surface area contributed by atoms with E-state index in [-0.39, 0.29) is 0 Å². The number of hydrogen-bond donors (Lipinski definition) is 0. The van der Waals surface area contributed by atoms with Gasteiger partial charge in [-0.25, -0.2) is 0 Å². The highest BCUT2D eigenvalue weighted by Crippen LogP contribution is 2.14. The Bertz CT molecular complexity index is 503. The lowest BCUT2D eigenvalue weighted by atomic mass is 10.2. The van der Waals surface area contributed by atoms with Crippen molar-refractivity contribution >= 4 is 11.6 Å². The van der Waals surface area contributed by atoms with Gasteiger partial charge in [0.1, 0.15) is 12.4 Å². The fraction of sp³-hybridized carbons (Fsp3) is 0.231. The summed E-state index contributed by atoms with van der Waals surface area (Å²) in [6.45, 7) is 0.423. The topological polar surface area (TPSA) is 44.2 Å². The number of rotatable bonds is 5. The summed E-state index contributed by atoms with van der Waals surface area (Å²) in [5.41, 5.74) is 1.74. The molecular formula is C13H13ClN2O2. The van der Waals surface area contributed by atoms with Crippen molar-refractivity contribution in [3.8, 4) is 11.6 Å². The number of halogens is 1. The molecule has 5 heteroatoms. The van der Waals surface area contributed by atoms with Gasteiger partial charge in [-0.3, -0.25) is 0 Å². The normalized spacial score (nSPS) is 10.1. The van der Waals surface area contributed by atoms with E-state index >= 15 is 0 Å². The third-order valence-corrected chi connectivity index (χ3v) is 2.63. The Morgan fingerprint density at radius 1 is 1.17 bits per heavy atom. The molecule has 4 nitrogen and oxygen atoms in total. The summed E-state index contributed by atoms with van der Waals surface area (Å²) in [4.78, 5) is 0. The van der Waals surface area contributed by atoms with Crippen molar-refractivity contribution in [3.63, 3.8) is 0 Å². The molecule has 0 saturated carbocycles. The Morgan fingerprint density at radius 2 is 2.06 bits per heavy atom. The van der Waals surface area contributed by atoms with Crippen molar-refractivity contribution in [2.24, 2.45) is 0 Å². The molecule has 0 fully saturated rings. The summed E-state index contributed by atoms with van der Waals surface area (Å²) < 4.78 is 10.7. The Kier molecular flexibility index (Phi) is 4.36. The van der Waals surface area contributed by atoms with Crippen LogP contribution < -0.4 is 9.47 Å². The van der Waals surface area contributed by atoms with E-state index in [1.54, 1.807) is 19.2 Å². The maximum absolute atomic E-state index is 5.63. The van der Waals surface area contributed by atoms with Crippen LogP contribution in [0.25, 0.3) is 0 Å². The summed E-state index contributed by atoms with van der Waals surface area (Å²) in [6, 6.07) is 11.2. The van der Waals surface area contributed by atoms with Crippen LogP contribution in [-0.4, -0.2) is 17.3 Å². The molecule has 0 unspecified atom stereocenters. The lowest BCUT2D eigenvalue weighted by molar-refractivity contribution is 0.289. The lowest BCUT2D eigenvalue weighted by Crippen LogP contribution is -1.99. The number of hydrogen-bond acceptors (Lipinski definition) is 4. The smallest absolute Gasteiger partial charge is 0.233 e. The second-order valence-electron chi connectivity index (χ2n) is 3.64. The molecule has 0 bridgehead atoms. The quantitative estimate of drug-likeness (QED) is 0.779. The predicted molar refractivity (Wildman–Crippen MR) is 68.9 cm³/mol. The van der Waals surface area contributed by atoms with Gasteiger partial charge in [-0.1, -0.05) is 12.1 Å². The van der Waals surface area contributed by atoms with Crippen LogP contribution in [0.2, 0.25) is 0 Å². The van der Waals surface area contributed by atoms with Crippen LogP contribution in [0, 0.1) is 0 Å². The fourth-order valence-electron chi connectivity index (χ4n) is 1.42. The minimum absolute atomic E-state index is 0.350. The number of benzene rings is 1. The van der Waals surface area contributed by atoms with Crippen LogP contribution in [0.5, 0.6) is 11.6 Å². The summed E-state index contributed by atoms with van der Waals surface area (Å²) in [5, 5.41) is 7.83. The molecule has 0 amide bonds. The molecule has 1 aromatic heterocycles. The predicted octanol–water partition coefficient (Wildman–Crippen LogP) is 2.80. The summed E-state index contributed by atoms with van der Waals surface area (Å²) in [7, 11) is 1.64. The number of methoxy groups -OCH3 is 1. The molecular weight excluding hydrogens is 252 g/mol. The Labute approximate surface area is 111 Å². The molecule has 0 aliphatic heterocycles. The van der Waals surface area contributed by atoms with Crippen molar-refractivity contribution in [1.82, 2.24) is 10.2 Å².